The Kier molecular flexibility index (Phi) is 6.36. The van der Waals surface area contributed by atoms with Crippen LogP contribution in [0.4, 0.5) is 0 Å². The number of carbonyl (C=O) groups excluding carboxylic acids is 1. The van der Waals surface area contributed by atoms with E-state index in [1.54, 1.807) is 18.4 Å². The minimum atomic E-state index is -3.42. The smallest absolute Gasteiger partial charge is 0.252 e. The first kappa shape index (κ1) is 20.1. The molecule has 1 aliphatic heterocycles. The summed E-state index contributed by atoms with van der Waals surface area (Å²) < 4.78 is 32.4. The van der Waals surface area contributed by atoms with E-state index < -0.39 is 10.0 Å². The summed E-state index contributed by atoms with van der Waals surface area (Å²) in [5.41, 5.74) is 0. The lowest BCUT2D eigenvalue weighted by molar-refractivity contribution is -0.120. The second-order valence-electron chi connectivity index (χ2n) is 6.81. The van der Waals surface area contributed by atoms with Gasteiger partial charge in [0.1, 0.15) is 9.97 Å². The number of thiophene rings is 1. The summed E-state index contributed by atoms with van der Waals surface area (Å²) in [4.78, 5) is 15.0. The van der Waals surface area contributed by atoms with Crippen LogP contribution in [0.1, 0.15) is 29.5 Å². The van der Waals surface area contributed by atoms with Crippen molar-refractivity contribution < 1.29 is 17.6 Å². The Morgan fingerprint density at radius 1 is 1.30 bits per heavy atom. The molecule has 1 amide bonds. The number of nitrogens with zero attached hydrogens (tertiary/aromatic N) is 2. The summed E-state index contributed by atoms with van der Waals surface area (Å²) in [6.45, 7) is 1.58. The van der Waals surface area contributed by atoms with Crippen LogP contribution in [-0.2, 0) is 21.2 Å². The zero-order valence-corrected chi connectivity index (χ0v) is 17.2. The molecule has 7 nitrogen and oxygen atoms in total. The quantitative estimate of drug-likeness (QED) is 0.719. The molecule has 0 spiro atoms. The minimum absolute atomic E-state index is 0.0570. The molecule has 2 aromatic rings. The molecule has 0 radical (unpaired) electrons. The second kappa shape index (κ2) is 8.55. The molecule has 1 saturated heterocycles. The highest BCUT2D eigenvalue weighted by molar-refractivity contribution is 7.91. The third-order valence-corrected chi connectivity index (χ3v) is 8.07. The molecular formula is C18H25N3O4S2. The Labute approximate surface area is 164 Å². The van der Waals surface area contributed by atoms with Gasteiger partial charge in [0.2, 0.25) is 5.91 Å². The molecule has 0 aliphatic carbocycles. The van der Waals surface area contributed by atoms with Crippen molar-refractivity contribution in [3.05, 3.63) is 41.2 Å². The standard InChI is InChI=1S/C18H25N3O4S2/c1-20(2)15(16-6-5-11-25-16)13-19-17(22)12-14-7-8-18(26-14)27(23,24)21-9-3-4-10-21/h5-8,11,15H,3-4,9-10,12-13H2,1-2H3,(H,19,22). The lowest BCUT2D eigenvalue weighted by atomic mass is 10.2. The normalized spacial score (nSPS) is 16.7. The zero-order chi connectivity index (χ0) is 19.4. The number of sulfonamides is 1. The van der Waals surface area contributed by atoms with Crippen molar-refractivity contribution in [1.82, 2.24) is 14.5 Å². The van der Waals surface area contributed by atoms with Gasteiger partial charge in [-0.05, 0) is 51.2 Å². The molecule has 2 aromatic heterocycles. The number of nitrogens with one attached hydrogen (secondary N) is 1. The van der Waals surface area contributed by atoms with E-state index in [1.807, 2.05) is 31.1 Å². The molecule has 3 rings (SSSR count). The van der Waals surface area contributed by atoms with Crippen LogP contribution in [0.2, 0.25) is 0 Å². The van der Waals surface area contributed by atoms with Crippen molar-refractivity contribution >= 4 is 27.3 Å². The van der Waals surface area contributed by atoms with Crippen LogP contribution in [0.3, 0.4) is 0 Å². The molecule has 3 heterocycles. The van der Waals surface area contributed by atoms with Crippen molar-refractivity contribution in [3.63, 3.8) is 0 Å². The highest BCUT2D eigenvalue weighted by Crippen LogP contribution is 2.27. The monoisotopic (exact) mass is 411 g/mol. The highest BCUT2D eigenvalue weighted by Gasteiger charge is 2.28. The van der Waals surface area contributed by atoms with Gasteiger partial charge in [0.25, 0.3) is 10.0 Å². The average molecular weight is 412 g/mol. The molecule has 0 aromatic carbocycles. The van der Waals surface area contributed by atoms with Crippen molar-refractivity contribution in [1.29, 1.82) is 0 Å². The third kappa shape index (κ3) is 4.78. The van der Waals surface area contributed by atoms with Gasteiger partial charge in [-0.3, -0.25) is 9.69 Å². The van der Waals surface area contributed by atoms with Gasteiger partial charge in [-0.1, -0.05) is 0 Å². The Hall–Kier alpha value is -1.68. The molecule has 27 heavy (non-hydrogen) atoms. The van der Waals surface area contributed by atoms with Crippen molar-refractivity contribution in [2.75, 3.05) is 33.7 Å². The Morgan fingerprint density at radius 3 is 2.67 bits per heavy atom. The summed E-state index contributed by atoms with van der Waals surface area (Å²) in [6, 6.07) is 6.97. The van der Waals surface area contributed by atoms with Crippen LogP contribution in [0.15, 0.2) is 39.2 Å². The molecule has 9 heteroatoms. The minimum Gasteiger partial charge on any atom is -0.468 e. The van der Waals surface area contributed by atoms with E-state index in [4.69, 9.17) is 4.42 Å². The fraction of sp³-hybridized carbons (Fsp3) is 0.500. The Balaban J connectivity index is 1.58. The lowest BCUT2D eigenvalue weighted by Crippen LogP contribution is -2.35. The summed E-state index contributed by atoms with van der Waals surface area (Å²) in [6.07, 6.45) is 3.59. The Morgan fingerprint density at radius 2 is 2.04 bits per heavy atom. The zero-order valence-electron chi connectivity index (χ0n) is 15.6. The summed E-state index contributed by atoms with van der Waals surface area (Å²) in [5, 5.41) is 2.91. The molecular weight excluding hydrogens is 386 g/mol. The molecule has 1 unspecified atom stereocenters. The molecule has 1 atom stereocenters. The van der Waals surface area contributed by atoms with Gasteiger partial charge >= 0.3 is 0 Å². The predicted octanol–water partition coefficient (Wildman–Crippen LogP) is 2.09. The molecule has 1 aliphatic rings. The van der Waals surface area contributed by atoms with Crippen molar-refractivity contribution in [2.45, 2.75) is 29.5 Å². The number of rotatable bonds is 8. The van der Waals surface area contributed by atoms with Crippen LogP contribution < -0.4 is 5.32 Å². The van der Waals surface area contributed by atoms with Gasteiger partial charge in [0, 0.05) is 24.5 Å². The van der Waals surface area contributed by atoms with E-state index in [0.717, 1.165) is 23.5 Å². The number of carbonyl (C=O) groups is 1. The largest absolute Gasteiger partial charge is 0.468 e. The van der Waals surface area contributed by atoms with Crippen LogP contribution in [0.5, 0.6) is 0 Å². The number of hydrogen-bond acceptors (Lipinski definition) is 6. The van der Waals surface area contributed by atoms with Gasteiger partial charge < -0.3 is 9.73 Å². The summed E-state index contributed by atoms with van der Waals surface area (Å²) >= 11 is 1.17. The molecule has 0 bridgehead atoms. The maximum absolute atomic E-state index is 12.6. The van der Waals surface area contributed by atoms with Crippen molar-refractivity contribution in [3.8, 4) is 0 Å². The van der Waals surface area contributed by atoms with Crippen molar-refractivity contribution in [2.24, 2.45) is 0 Å². The third-order valence-electron chi connectivity index (χ3n) is 4.62. The number of amides is 1. The van der Waals surface area contributed by atoms with E-state index in [0.29, 0.717) is 23.8 Å². The fourth-order valence-corrected chi connectivity index (χ4v) is 6.12. The molecule has 0 saturated carbocycles. The maximum Gasteiger partial charge on any atom is 0.252 e. The second-order valence-corrected chi connectivity index (χ2v) is 10.1. The SMILES string of the molecule is CN(C)C(CNC(=O)Cc1ccc(S(=O)(=O)N2CCCC2)s1)c1ccco1. The van der Waals surface area contributed by atoms with Gasteiger partial charge in [0.05, 0.1) is 18.7 Å². The van der Waals surface area contributed by atoms with Gasteiger partial charge in [0.15, 0.2) is 0 Å². The fourth-order valence-electron chi connectivity index (χ4n) is 3.10. The van der Waals surface area contributed by atoms with Crippen LogP contribution >= 0.6 is 11.3 Å². The molecule has 1 fully saturated rings. The van der Waals surface area contributed by atoms with Crippen LogP contribution in [-0.4, -0.2) is 57.3 Å². The van der Waals surface area contributed by atoms with Gasteiger partial charge in [-0.25, -0.2) is 8.42 Å². The number of hydrogen-bond donors (Lipinski definition) is 1. The summed E-state index contributed by atoms with van der Waals surface area (Å²) in [7, 11) is 0.430. The van der Waals surface area contributed by atoms with Crippen LogP contribution in [0, 0.1) is 0 Å². The molecule has 1 N–H and O–H groups in total. The van der Waals surface area contributed by atoms with E-state index in [9.17, 15) is 13.2 Å². The van der Waals surface area contributed by atoms with E-state index in [2.05, 4.69) is 5.32 Å². The Bertz CT molecular complexity index is 853. The average Bonchev–Trinajstić information content (AvgIpc) is 3.37. The maximum atomic E-state index is 12.6. The van der Waals surface area contributed by atoms with Gasteiger partial charge in [-0.15, -0.1) is 11.3 Å². The van der Waals surface area contributed by atoms with E-state index in [1.165, 1.54) is 15.6 Å². The predicted molar refractivity (Wildman–Crippen MR) is 104 cm³/mol. The first-order valence-corrected chi connectivity index (χ1v) is 11.2. The first-order chi connectivity index (χ1) is 12.9. The number of furan rings is 1. The first-order valence-electron chi connectivity index (χ1n) is 8.93. The summed E-state index contributed by atoms with van der Waals surface area (Å²) in [5.74, 6) is 0.649. The molecule has 148 valence electrons. The number of likely N-dealkylation sites (N-methyl/N-ethyl adjacent to an activating group) is 1. The van der Waals surface area contributed by atoms with Gasteiger partial charge in [-0.2, -0.15) is 4.31 Å². The lowest BCUT2D eigenvalue weighted by Gasteiger charge is -2.22. The van der Waals surface area contributed by atoms with Crippen LogP contribution in [0.25, 0.3) is 0 Å². The van der Waals surface area contributed by atoms with E-state index >= 15 is 0 Å². The topological polar surface area (TPSA) is 82.9 Å². The van der Waals surface area contributed by atoms with E-state index in [-0.39, 0.29) is 18.4 Å². The highest BCUT2D eigenvalue weighted by atomic mass is 32.2.